The molecule has 0 aliphatic heterocycles. The van der Waals surface area contributed by atoms with E-state index in [1.54, 1.807) is 13.2 Å². The van der Waals surface area contributed by atoms with Crippen LogP contribution < -0.4 is 10.1 Å². The molecule has 0 unspecified atom stereocenters. The first-order valence-corrected chi connectivity index (χ1v) is 7.16. The second-order valence-corrected chi connectivity index (χ2v) is 6.09. The molecule has 1 heterocycles. The maximum absolute atomic E-state index is 12.1. The number of hydrogen-bond acceptors (Lipinski definition) is 4. The van der Waals surface area contributed by atoms with Gasteiger partial charge >= 0.3 is 0 Å². The lowest BCUT2D eigenvalue weighted by Crippen LogP contribution is -2.18. The molecule has 1 aromatic heterocycles. The number of methoxy groups -OCH3 is 1. The summed E-state index contributed by atoms with van der Waals surface area (Å²) in [6.45, 7) is 6.20. The fourth-order valence-corrected chi connectivity index (χ4v) is 2.01. The van der Waals surface area contributed by atoms with Crippen LogP contribution in [0.25, 0.3) is 0 Å². The smallest absolute Gasteiger partial charge is 0.230 e. The van der Waals surface area contributed by atoms with Crippen molar-refractivity contribution in [3.05, 3.63) is 47.7 Å². The highest BCUT2D eigenvalue weighted by Crippen LogP contribution is 2.20. The Labute approximate surface area is 130 Å². The number of nitrogens with zero attached hydrogens (tertiary/aromatic N) is 2. The summed E-state index contributed by atoms with van der Waals surface area (Å²) < 4.78 is 5.24. The van der Waals surface area contributed by atoms with Crippen molar-refractivity contribution < 1.29 is 9.53 Å². The molecule has 0 atom stereocenters. The van der Waals surface area contributed by atoms with E-state index in [0.29, 0.717) is 11.6 Å². The molecule has 22 heavy (non-hydrogen) atoms. The third kappa shape index (κ3) is 4.04. The zero-order valence-corrected chi connectivity index (χ0v) is 13.4. The SMILES string of the molecule is COc1ccccc1CC(=O)Nc1ccc(C(C)(C)C)nn1. The van der Waals surface area contributed by atoms with Gasteiger partial charge in [0.05, 0.1) is 19.2 Å². The maximum Gasteiger partial charge on any atom is 0.230 e. The van der Waals surface area contributed by atoms with Crippen molar-refractivity contribution >= 4 is 11.7 Å². The summed E-state index contributed by atoms with van der Waals surface area (Å²) in [6, 6.07) is 11.1. The second kappa shape index (κ2) is 6.56. The summed E-state index contributed by atoms with van der Waals surface area (Å²) in [4.78, 5) is 12.1. The first kappa shape index (κ1) is 15.9. The van der Waals surface area contributed by atoms with Gasteiger partial charge in [0.25, 0.3) is 0 Å². The molecule has 1 aromatic carbocycles. The van der Waals surface area contributed by atoms with Crippen molar-refractivity contribution in [3.8, 4) is 5.75 Å². The molecule has 1 amide bonds. The number of benzene rings is 1. The van der Waals surface area contributed by atoms with Crippen LogP contribution in [-0.4, -0.2) is 23.2 Å². The van der Waals surface area contributed by atoms with Gasteiger partial charge in [0.15, 0.2) is 5.82 Å². The van der Waals surface area contributed by atoms with E-state index in [9.17, 15) is 4.79 Å². The Morgan fingerprint density at radius 1 is 1.14 bits per heavy atom. The van der Waals surface area contributed by atoms with E-state index in [0.717, 1.165) is 11.3 Å². The van der Waals surface area contributed by atoms with Gasteiger partial charge in [-0.05, 0) is 18.2 Å². The number of amides is 1. The zero-order valence-electron chi connectivity index (χ0n) is 13.4. The van der Waals surface area contributed by atoms with Crippen LogP contribution in [0.15, 0.2) is 36.4 Å². The van der Waals surface area contributed by atoms with Gasteiger partial charge in [-0.2, -0.15) is 5.10 Å². The highest BCUT2D eigenvalue weighted by molar-refractivity contribution is 5.91. The molecule has 1 N–H and O–H groups in total. The van der Waals surface area contributed by atoms with Crippen LogP contribution in [0.1, 0.15) is 32.0 Å². The topological polar surface area (TPSA) is 64.1 Å². The standard InChI is InChI=1S/C17H21N3O2/c1-17(2,3)14-9-10-15(20-19-14)18-16(21)11-12-7-5-6-8-13(12)22-4/h5-10H,11H2,1-4H3,(H,18,20,21). The third-order valence-corrected chi connectivity index (χ3v) is 3.24. The zero-order chi connectivity index (χ0) is 16.2. The number of nitrogens with one attached hydrogen (secondary N) is 1. The lowest BCUT2D eigenvalue weighted by atomic mass is 9.92. The summed E-state index contributed by atoms with van der Waals surface area (Å²) in [5, 5.41) is 11.0. The predicted molar refractivity (Wildman–Crippen MR) is 86.1 cm³/mol. The van der Waals surface area contributed by atoms with E-state index in [-0.39, 0.29) is 17.7 Å². The first-order valence-electron chi connectivity index (χ1n) is 7.16. The highest BCUT2D eigenvalue weighted by atomic mass is 16.5. The monoisotopic (exact) mass is 299 g/mol. The van der Waals surface area contributed by atoms with Crippen molar-refractivity contribution in [2.75, 3.05) is 12.4 Å². The summed E-state index contributed by atoms with van der Waals surface area (Å²) in [5.74, 6) is 1.00. The molecular formula is C17H21N3O2. The summed E-state index contributed by atoms with van der Waals surface area (Å²) in [6.07, 6.45) is 0.229. The molecule has 0 saturated heterocycles. The van der Waals surface area contributed by atoms with E-state index < -0.39 is 0 Å². The molecular weight excluding hydrogens is 278 g/mol. The second-order valence-electron chi connectivity index (χ2n) is 6.09. The fourth-order valence-electron chi connectivity index (χ4n) is 2.01. The highest BCUT2D eigenvalue weighted by Gasteiger charge is 2.16. The van der Waals surface area contributed by atoms with E-state index >= 15 is 0 Å². The van der Waals surface area contributed by atoms with Crippen LogP contribution in [0, 0.1) is 0 Å². The van der Waals surface area contributed by atoms with Crippen LogP contribution in [0.5, 0.6) is 5.75 Å². The molecule has 5 heteroatoms. The molecule has 2 rings (SSSR count). The summed E-state index contributed by atoms with van der Waals surface area (Å²) >= 11 is 0. The van der Waals surface area contributed by atoms with Crippen molar-refractivity contribution in [2.45, 2.75) is 32.6 Å². The Morgan fingerprint density at radius 3 is 2.45 bits per heavy atom. The fraction of sp³-hybridized carbons (Fsp3) is 0.353. The minimum atomic E-state index is -0.151. The first-order chi connectivity index (χ1) is 10.4. The number of carbonyl (C=O) groups excluding carboxylic acids is 1. The molecule has 0 bridgehead atoms. The third-order valence-electron chi connectivity index (χ3n) is 3.24. The Hall–Kier alpha value is -2.43. The molecule has 5 nitrogen and oxygen atoms in total. The average molecular weight is 299 g/mol. The molecule has 0 radical (unpaired) electrons. The van der Waals surface area contributed by atoms with Gasteiger partial charge in [-0.15, -0.1) is 5.10 Å². The average Bonchev–Trinajstić information content (AvgIpc) is 2.47. The van der Waals surface area contributed by atoms with Gasteiger partial charge in [0, 0.05) is 11.0 Å². The maximum atomic E-state index is 12.1. The van der Waals surface area contributed by atoms with Gasteiger partial charge in [-0.3, -0.25) is 4.79 Å². The van der Waals surface area contributed by atoms with Crippen LogP contribution in [0.3, 0.4) is 0 Å². The van der Waals surface area contributed by atoms with Gasteiger partial charge in [-0.1, -0.05) is 39.0 Å². The lowest BCUT2D eigenvalue weighted by molar-refractivity contribution is -0.115. The number of ether oxygens (including phenoxy) is 1. The van der Waals surface area contributed by atoms with E-state index in [1.165, 1.54) is 0 Å². The Bertz CT molecular complexity index is 646. The van der Waals surface area contributed by atoms with Crippen LogP contribution in [0.4, 0.5) is 5.82 Å². The number of para-hydroxylation sites is 1. The number of anilines is 1. The molecule has 0 aliphatic rings. The Morgan fingerprint density at radius 2 is 1.86 bits per heavy atom. The van der Waals surface area contributed by atoms with Crippen molar-refractivity contribution in [1.82, 2.24) is 10.2 Å². The van der Waals surface area contributed by atoms with Crippen LogP contribution in [0.2, 0.25) is 0 Å². The van der Waals surface area contributed by atoms with E-state index in [2.05, 4.69) is 36.3 Å². The van der Waals surface area contributed by atoms with Crippen LogP contribution >= 0.6 is 0 Å². The van der Waals surface area contributed by atoms with E-state index in [4.69, 9.17) is 4.74 Å². The van der Waals surface area contributed by atoms with Crippen LogP contribution in [-0.2, 0) is 16.6 Å². The molecule has 0 aliphatic carbocycles. The molecule has 0 fully saturated rings. The van der Waals surface area contributed by atoms with Gasteiger partial charge < -0.3 is 10.1 Å². The number of rotatable bonds is 4. The van der Waals surface area contributed by atoms with Gasteiger partial charge in [0.1, 0.15) is 5.75 Å². The predicted octanol–water partition coefficient (Wildman–Crippen LogP) is 2.96. The van der Waals surface area contributed by atoms with Crippen molar-refractivity contribution in [2.24, 2.45) is 0 Å². The van der Waals surface area contributed by atoms with Gasteiger partial charge in [-0.25, -0.2) is 0 Å². The van der Waals surface area contributed by atoms with Crippen molar-refractivity contribution in [1.29, 1.82) is 0 Å². The molecule has 116 valence electrons. The largest absolute Gasteiger partial charge is 0.496 e. The number of hydrogen-bond donors (Lipinski definition) is 1. The Kier molecular flexibility index (Phi) is 4.75. The minimum absolute atomic E-state index is 0.0626. The molecule has 0 spiro atoms. The quantitative estimate of drug-likeness (QED) is 0.942. The lowest BCUT2D eigenvalue weighted by Gasteiger charge is -2.16. The number of carbonyl (C=O) groups is 1. The Balaban J connectivity index is 2.03. The number of aromatic nitrogens is 2. The summed E-state index contributed by atoms with van der Waals surface area (Å²) in [5.41, 5.74) is 1.66. The van der Waals surface area contributed by atoms with Gasteiger partial charge in [0.2, 0.25) is 5.91 Å². The molecule has 2 aromatic rings. The summed E-state index contributed by atoms with van der Waals surface area (Å²) in [7, 11) is 1.59. The van der Waals surface area contributed by atoms with E-state index in [1.807, 2.05) is 30.3 Å². The molecule has 0 saturated carbocycles. The van der Waals surface area contributed by atoms with Crippen molar-refractivity contribution in [3.63, 3.8) is 0 Å². The normalized spacial score (nSPS) is 11.1. The minimum Gasteiger partial charge on any atom is -0.496 e.